The van der Waals surface area contributed by atoms with Crippen LogP contribution in [0.25, 0.3) is 0 Å². The summed E-state index contributed by atoms with van der Waals surface area (Å²) in [6, 6.07) is 26.2. The van der Waals surface area contributed by atoms with Gasteiger partial charge in [0.1, 0.15) is 12.1 Å². The largest absolute Gasteiger partial charge is 0.384 e. The standard InChI is InChI=1S/C23H20FNO2/c24-23(21(26)19-14-8-3-9-15-19)20(18-12-6-2-7-13-18)25(22(23)27)16-17-10-4-1-5-11-17/h1-15,20-21,26H,16H2/t20-,21?,23-/m0/s1. The summed E-state index contributed by atoms with van der Waals surface area (Å²) in [6.07, 6.45) is -1.52. The number of aliphatic hydroxyl groups excluding tert-OH is 1. The summed E-state index contributed by atoms with van der Waals surface area (Å²) < 4.78 is 16.0. The van der Waals surface area contributed by atoms with Crippen LogP contribution in [0.15, 0.2) is 91.0 Å². The molecule has 1 saturated heterocycles. The van der Waals surface area contributed by atoms with Crippen LogP contribution in [0.2, 0.25) is 0 Å². The van der Waals surface area contributed by atoms with Crippen molar-refractivity contribution in [2.75, 3.05) is 0 Å². The van der Waals surface area contributed by atoms with Gasteiger partial charge in [0, 0.05) is 6.54 Å². The zero-order valence-corrected chi connectivity index (χ0v) is 14.7. The van der Waals surface area contributed by atoms with Gasteiger partial charge in [0.2, 0.25) is 5.67 Å². The lowest BCUT2D eigenvalue weighted by molar-refractivity contribution is -0.197. The topological polar surface area (TPSA) is 40.5 Å². The smallest absolute Gasteiger partial charge is 0.266 e. The first-order valence-electron chi connectivity index (χ1n) is 8.94. The first kappa shape index (κ1) is 17.4. The van der Waals surface area contributed by atoms with Gasteiger partial charge in [-0.1, -0.05) is 91.0 Å². The van der Waals surface area contributed by atoms with Gasteiger partial charge >= 0.3 is 0 Å². The molecule has 0 radical (unpaired) electrons. The number of aliphatic hydroxyl groups is 1. The highest BCUT2D eigenvalue weighted by Gasteiger charge is 2.66. The number of rotatable bonds is 5. The molecule has 1 amide bonds. The fourth-order valence-corrected chi connectivity index (χ4v) is 3.76. The van der Waals surface area contributed by atoms with Crippen molar-refractivity contribution in [2.24, 2.45) is 0 Å². The number of alkyl halides is 1. The van der Waals surface area contributed by atoms with Crippen LogP contribution in [0.4, 0.5) is 4.39 Å². The summed E-state index contributed by atoms with van der Waals surface area (Å²) in [5, 5.41) is 10.8. The number of carbonyl (C=O) groups is 1. The maximum Gasteiger partial charge on any atom is 0.266 e. The van der Waals surface area contributed by atoms with Crippen LogP contribution in [-0.4, -0.2) is 21.6 Å². The molecule has 3 nitrogen and oxygen atoms in total. The Morgan fingerprint density at radius 3 is 2.00 bits per heavy atom. The molecule has 1 heterocycles. The molecular weight excluding hydrogens is 341 g/mol. The minimum absolute atomic E-state index is 0.298. The third-order valence-corrected chi connectivity index (χ3v) is 5.12. The highest BCUT2D eigenvalue weighted by molar-refractivity contribution is 5.94. The number of β-lactam (4-membered cyclic amide) rings is 1. The fraction of sp³-hybridized carbons (Fsp3) is 0.174. The Morgan fingerprint density at radius 2 is 1.41 bits per heavy atom. The molecule has 0 aliphatic carbocycles. The van der Waals surface area contributed by atoms with E-state index in [1.807, 2.05) is 48.5 Å². The SMILES string of the molecule is O=C1N(Cc2ccccc2)[C@@H](c2ccccc2)[C@]1(F)C(O)c1ccccc1. The van der Waals surface area contributed by atoms with E-state index in [4.69, 9.17) is 0 Å². The molecular formula is C23H20FNO2. The van der Waals surface area contributed by atoms with E-state index in [0.29, 0.717) is 17.7 Å². The van der Waals surface area contributed by atoms with E-state index in [2.05, 4.69) is 0 Å². The van der Waals surface area contributed by atoms with Crippen LogP contribution >= 0.6 is 0 Å². The van der Waals surface area contributed by atoms with Gasteiger partial charge in [0.25, 0.3) is 5.91 Å². The molecule has 4 rings (SSSR count). The van der Waals surface area contributed by atoms with Crippen molar-refractivity contribution >= 4 is 5.91 Å². The number of nitrogens with zero attached hydrogens (tertiary/aromatic N) is 1. The Labute approximate surface area is 157 Å². The summed E-state index contributed by atoms with van der Waals surface area (Å²) in [6.45, 7) is 0.298. The van der Waals surface area contributed by atoms with Crippen molar-refractivity contribution in [1.82, 2.24) is 4.90 Å². The number of benzene rings is 3. The van der Waals surface area contributed by atoms with Gasteiger partial charge in [-0.05, 0) is 16.7 Å². The molecule has 27 heavy (non-hydrogen) atoms. The molecule has 0 aromatic heterocycles. The summed E-state index contributed by atoms with van der Waals surface area (Å²) in [4.78, 5) is 14.4. The minimum Gasteiger partial charge on any atom is -0.384 e. The number of amides is 1. The lowest BCUT2D eigenvalue weighted by Gasteiger charge is -2.53. The van der Waals surface area contributed by atoms with Gasteiger partial charge < -0.3 is 10.0 Å². The van der Waals surface area contributed by atoms with Crippen molar-refractivity contribution in [1.29, 1.82) is 0 Å². The molecule has 1 unspecified atom stereocenters. The molecule has 3 aromatic carbocycles. The molecule has 3 aromatic rings. The van der Waals surface area contributed by atoms with E-state index in [1.165, 1.54) is 4.90 Å². The highest BCUT2D eigenvalue weighted by Crippen LogP contribution is 2.53. The molecule has 0 saturated carbocycles. The van der Waals surface area contributed by atoms with Gasteiger partial charge in [0.05, 0.1) is 0 Å². The number of hydrogen-bond acceptors (Lipinski definition) is 2. The molecule has 136 valence electrons. The number of hydrogen-bond donors (Lipinski definition) is 1. The third-order valence-electron chi connectivity index (χ3n) is 5.12. The monoisotopic (exact) mass is 361 g/mol. The molecule has 1 aliphatic heterocycles. The van der Waals surface area contributed by atoms with Crippen LogP contribution in [0, 0.1) is 0 Å². The zero-order valence-electron chi connectivity index (χ0n) is 14.7. The number of halogens is 1. The first-order valence-corrected chi connectivity index (χ1v) is 8.94. The van der Waals surface area contributed by atoms with Crippen molar-refractivity contribution in [2.45, 2.75) is 24.4 Å². The maximum absolute atomic E-state index is 16.0. The van der Waals surface area contributed by atoms with Crippen molar-refractivity contribution in [3.05, 3.63) is 108 Å². The van der Waals surface area contributed by atoms with E-state index in [0.717, 1.165) is 5.56 Å². The predicted molar refractivity (Wildman–Crippen MR) is 101 cm³/mol. The second kappa shape index (κ2) is 6.97. The second-order valence-corrected chi connectivity index (χ2v) is 6.81. The van der Waals surface area contributed by atoms with E-state index < -0.39 is 23.7 Å². The molecule has 1 aliphatic rings. The van der Waals surface area contributed by atoms with Crippen LogP contribution < -0.4 is 0 Å². The van der Waals surface area contributed by atoms with Gasteiger partial charge in [-0.15, -0.1) is 0 Å². The van der Waals surface area contributed by atoms with Gasteiger partial charge in [-0.2, -0.15) is 0 Å². The van der Waals surface area contributed by atoms with Crippen molar-refractivity contribution < 1.29 is 14.3 Å². The van der Waals surface area contributed by atoms with Crippen molar-refractivity contribution in [3.63, 3.8) is 0 Å². The van der Waals surface area contributed by atoms with Crippen LogP contribution in [0.3, 0.4) is 0 Å². The Balaban J connectivity index is 1.72. The molecule has 4 heteroatoms. The van der Waals surface area contributed by atoms with E-state index in [-0.39, 0.29) is 0 Å². The van der Waals surface area contributed by atoms with E-state index >= 15 is 4.39 Å². The van der Waals surface area contributed by atoms with Crippen LogP contribution in [-0.2, 0) is 11.3 Å². The predicted octanol–water partition coefficient (Wildman–Crippen LogP) is 4.21. The average molecular weight is 361 g/mol. The normalized spacial score (nSPS) is 23.0. The second-order valence-electron chi connectivity index (χ2n) is 6.81. The van der Waals surface area contributed by atoms with Crippen LogP contribution in [0.1, 0.15) is 28.8 Å². The summed E-state index contributed by atoms with van der Waals surface area (Å²) in [7, 11) is 0. The molecule has 3 atom stereocenters. The van der Waals surface area contributed by atoms with Gasteiger partial charge in [-0.3, -0.25) is 4.79 Å². The summed E-state index contributed by atoms with van der Waals surface area (Å²) in [5.74, 6) is -0.684. The van der Waals surface area contributed by atoms with Crippen molar-refractivity contribution in [3.8, 4) is 0 Å². The summed E-state index contributed by atoms with van der Waals surface area (Å²) >= 11 is 0. The molecule has 1 fully saturated rings. The third kappa shape index (κ3) is 2.92. The van der Waals surface area contributed by atoms with E-state index in [1.54, 1.807) is 42.5 Å². The Morgan fingerprint density at radius 1 is 0.889 bits per heavy atom. The highest BCUT2D eigenvalue weighted by atomic mass is 19.1. The van der Waals surface area contributed by atoms with Gasteiger partial charge in [0.15, 0.2) is 0 Å². The van der Waals surface area contributed by atoms with Gasteiger partial charge in [-0.25, -0.2) is 4.39 Å². The number of likely N-dealkylation sites (tertiary alicyclic amines) is 1. The summed E-state index contributed by atoms with van der Waals surface area (Å²) in [5.41, 5.74) is -0.403. The Hall–Kier alpha value is -2.98. The van der Waals surface area contributed by atoms with Crippen LogP contribution in [0.5, 0.6) is 0 Å². The fourth-order valence-electron chi connectivity index (χ4n) is 3.76. The quantitative estimate of drug-likeness (QED) is 0.692. The Bertz CT molecular complexity index is 917. The lowest BCUT2D eigenvalue weighted by Crippen LogP contribution is -2.67. The first-order chi connectivity index (χ1) is 13.1. The average Bonchev–Trinajstić information content (AvgIpc) is 2.74. The number of carbonyl (C=O) groups excluding carboxylic acids is 1. The maximum atomic E-state index is 16.0. The molecule has 1 N–H and O–H groups in total. The lowest BCUT2D eigenvalue weighted by atomic mass is 9.73. The van der Waals surface area contributed by atoms with E-state index in [9.17, 15) is 9.90 Å². The molecule has 0 spiro atoms. The minimum atomic E-state index is -2.39. The zero-order chi connectivity index (χ0) is 18.9. The molecule has 0 bridgehead atoms. The Kier molecular flexibility index (Phi) is 4.50.